The van der Waals surface area contributed by atoms with Crippen molar-refractivity contribution in [3.8, 4) is 0 Å². The molecule has 5 heteroatoms. The summed E-state index contributed by atoms with van der Waals surface area (Å²) in [7, 11) is -3.62. The molecule has 0 heterocycles. The summed E-state index contributed by atoms with van der Waals surface area (Å²) in [6.07, 6.45) is 6.08. The molecule has 0 aliphatic heterocycles. The molecular formula is C15H22O4S. The minimum Gasteiger partial charge on any atom is -0.303 e. The van der Waals surface area contributed by atoms with E-state index in [1.165, 1.54) is 0 Å². The van der Waals surface area contributed by atoms with Crippen LogP contribution in [0.4, 0.5) is 0 Å². The first-order valence-corrected chi connectivity index (χ1v) is 8.37. The molecule has 0 atom stereocenters. The molecule has 4 nitrogen and oxygen atoms in total. The Morgan fingerprint density at radius 2 is 1.60 bits per heavy atom. The predicted octanol–water partition coefficient (Wildman–Crippen LogP) is 3.24. The Balaban J connectivity index is 2.23. The lowest BCUT2D eigenvalue weighted by Crippen LogP contribution is -2.07. The Morgan fingerprint density at radius 3 is 2.25 bits per heavy atom. The quantitative estimate of drug-likeness (QED) is 0.378. The molecule has 112 valence electrons. The number of benzene rings is 1. The van der Waals surface area contributed by atoms with Gasteiger partial charge in [0.25, 0.3) is 10.1 Å². The molecule has 0 spiro atoms. The summed E-state index contributed by atoms with van der Waals surface area (Å²) in [5.41, 5.74) is 1.01. The second kappa shape index (κ2) is 8.87. The van der Waals surface area contributed by atoms with Crippen LogP contribution in [0.15, 0.2) is 29.2 Å². The lowest BCUT2D eigenvalue weighted by atomic mass is 10.1. The number of hydrogen-bond acceptors (Lipinski definition) is 4. The van der Waals surface area contributed by atoms with Crippen molar-refractivity contribution in [2.24, 2.45) is 0 Å². The maximum atomic E-state index is 11.9. The van der Waals surface area contributed by atoms with E-state index in [2.05, 4.69) is 0 Å². The maximum absolute atomic E-state index is 11.9. The monoisotopic (exact) mass is 298 g/mol. The molecule has 0 aliphatic carbocycles. The molecule has 0 saturated heterocycles. The van der Waals surface area contributed by atoms with Crippen molar-refractivity contribution in [2.75, 3.05) is 6.61 Å². The molecule has 0 N–H and O–H groups in total. The summed E-state index contributed by atoms with van der Waals surface area (Å²) in [6.45, 7) is 2.12. The predicted molar refractivity (Wildman–Crippen MR) is 78.1 cm³/mol. The van der Waals surface area contributed by atoms with Gasteiger partial charge in [0.05, 0.1) is 11.5 Å². The van der Waals surface area contributed by atoms with Gasteiger partial charge in [-0.25, -0.2) is 0 Å². The number of hydrogen-bond donors (Lipinski definition) is 0. The van der Waals surface area contributed by atoms with Crippen molar-refractivity contribution < 1.29 is 17.4 Å². The number of unbranched alkanes of at least 4 members (excludes halogenated alkanes) is 5. The molecule has 0 aromatic heterocycles. The van der Waals surface area contributed by atoms with Crippen LogP contribution in [-0.4, -0.2) is 21.3 Å². The second-order valence-corrected chi connectivity index (χ2v) is 6.43. The molecule has 0 aliphatic rings. The SMILES string of the molecule is Cc1ccc(S(=O)(=O)OCCCCCCCC=O)cc1. The first-order chi connectivity index (χ1) is 9.56. The van der Waals surface area contributed by atoms with Crippen LogP contribution in [0.5, 0.6) is 0 Å². The first kappa shape index (κ1) is 16.9. The fraction of sp³-hybridized carbons (Fsp3) is 0.533. The summed E-state index contributed by atoms with van der Waals surface area (Å²) in [5.74, 6) is 0. The molecule has 20 heavy (non-hydrogen) atoms. The van der Waals surface area contributed by atoms with E-state index >= 15 is 0 Å². The fourth-order valence-electron chi connectivity index (χ4n) is 1.80. The van der Waals surface area contributed by atoms with Crippen molar-refractivity contribution in [1.29, 1.82) is 0 Å². The summed E-state index contributed by atoms with van der Waals surface area (Å²) in [4.78, 5) is 10.3. The minimum absolute atomic E-state index is 0.203. The van der Waals surface area contributed by atoms with Gasteiger partial charge in [-0.1, -0.05) is 37.0 Å². The highest BCUT2D eigenvalue weighted by Crippen LogP contribution is 2.14. The van der Waals surface area contributed by atoms with Crippen molar-refractivity contribution in [3.63, 3.8) is 0 Å². The van der Waals surface area contributed by atoms with E-state index in [9.17, 15) is 13.2 Å². The van der Waals surface area contributed by atoms with Gasteiger partial charge < -0.3 is 4.79 Å². The molecule has 0 unspecified atom stereocenters. The Hall–Kier alpha value is -1.20. The topological polar surface area (TPSA) is 60.4 Å². The zero-order valence-electron chi connectivity index (χ0n) is 11.9. The number of rotatable bonds is 10. The normalized spacial score (nSPS) is 11.4. The largest absolute Gasteiger partial charge is 0.303 e. The number of aldehydes is 1. The summed E-state index contributed by atoms with van der Waals surface area (Å²) in [6, 6.07) is 6.63. The van der Waals surface area contributed by atoms with Crippen LogP contribution in [0.2, 0.25) is 0 Å². The average molecular weight is 298 g/mol. The van der Waals surface area contributed by atoms with Gasteiger partial charge in [-0.2, -0.15) is 8.42 Å². The summed E-state index contributed by atoms with van der Waals surface area (Å²) >= 11 is 0. The smallest absolute Gasteiger partial charge is 0.296 e. The van der Waals surface area contributed by atoms with Crippen LogP contribution in [-0.2, 0) is 19.1 Å². The van der Waals surface area contributed by atoms with Crippen molar-refractivity contribution in [1.82, 2.24) is 0 Å². The van der Waals surface area contributed by atoms with E-state index in [0.717, 1.165) is 37.5 Å². The van der Waals surface area contributed by atoms with Gasteiger partial charge >= 0.3 is 0 Å². The molecule has 1 rings (SSSR count). The highest BCUT2D eigenvalue weighted by atomic mass is 32.2. The number of aryl methyl sites for hydroxylation is 1. The third-order valence-corrected chi connectivity index (χ3v) is 4.34. The molecular weight excluding hydrogens is 276 g/mol. The van der Waals surface area contributed by atoms with Gasteiger partial charge in [0.2, 0.25) is 0 Å². The van der Waals surface area contributed by atoms with E-state index in [0.29, 0.717) is 12.8 Å². The standard InChI is InChI=1S/C15H22O4S/c1-14-8-10-15(11-9-14)20(17,18)19-13-7-5-3-2-4-6-12-16/h8-12H,2-7,13H2,1H3. The Bertz CT molecular complexity index is 491. The molecule has 1 aromatic carbocycles. The molecule has 0 fully saturated rings. The molecule has 0 amide bonds. The zero-order chi connectivity index (χ0) is 14.8. The van der Waals surface area contributed by atoms with Crippen LogP contribution in [0.25, 0.3) is 0 Å². The molecule has 0 radical (unpaired) electrons. The molecule has 1 aromatic rings. The van der Waals surface area contributed by atoms with Crippen LogP contribution >= 0.6 is 0 Å². The third-order valence-electron chi connectivity index (χ3n) is 3.01. The van der Waals surface area contributed by atoms with Gasteiger partial charge in [-0.15, -0.1) is 0 Å². The van der Waals surface area contributed by atoms with E-state index < -0.39 is 10.1 Å². The highest BCUT2D eigenvalue weighted by molar-refractivity contribution is 7.86. The second-order valence-electron chi connectivity index (χ2n) is 4.81. The van der Waals surface area contributed by atoms with Crippen LogP contribution in [0.3, 0.4) is 0 Å². The summed E-state index contributed by atoms with van der Waals surface area (Å²) < 4.78 is 28.7. The van der Waals surface area contributed by atoms with E-state index in [-0.39, 0.29) is 11.5 Å². The number of carbonyl (C=O) groups excluding carboxylic acids is 1. The fourth-order valence-corrected chi connectivity index (χ4v) is 2.74. The van der Waals surface area contributed by atoms with Crippen molar-refractivity contribution in [2.45, 2.75) is 50.3 Å². The lowest BCUT2D eigenvalue weighted by Gasteiger charge is -2.06. The van der Waals surface area contributed by atoms with Crippen molar-refractivity contribution in [3.05, 3.63) is 29.8 Å². The van der Waals surface area contributed by atoms with E-state index in [1.54, 1.807) is 24.3 Å². The Labute approximate surface area is 121 Å². The van der Waals surface area contributed by atoms with Crippen LogP contribution in [0, 0.1) is 6.92 Å². The highest BCUT2D eigenvalue weighted by Gasteiger charge is 2.14. The molecule has 0 bridgehead atoms. The third kappa shape index (κ3) is 6.30. The maximum Gasteiger partial charge on any atom is 0.296 e. The average Bonchev–Trinajstić information content (AvgIpc) is 2.42. The van der Waals surface area contributed by atoms with Crippen molar-refractivity contribution >= 4 is 16.4 Å². The van der Waals surface area contributed by atoms with Gasteiger partial charge in [0, 0.05) is 6.42 Å². The number of carbonyl (C=O) groups is 1. The lowest BCUT2D eigenvalue weighted by molar-refractivity contribution is -0.107. The van der Waals surface area contributed by atoms with Gasteiger partial charge in [-0.3, -0.25) is 4.18 Å². The van der Waals surface area contributed by atoms with E-state index in [4.69, 9.17) is 4.18 Å². The van der Waals surface area contributed by atoms with Gasteiger partial charge in [-0.05, 0) is 31.9 Å². The van der Waals surface area contributed by atoms with Gasteiger partial charge in [0.1, 0.15) is 6.29 Å². The van der Waals surface area contributed by atoms with Crippen LogP contribution in [0.1, 0.15) is 44.1 Å². The first-order valence-electron chi connectivity index (χ1n) is 6.96. The van der Waals surface area contributed by atoms with Gasteiger partial charge in [0.15, 0.2) is 0 Å². The van der Waals surface area contributed by atoms with E-state index in [1.807, 2.05) is 6.92 Å². The molecule has 0 saturated carbocycles. The minimum atomic E-state index is -3.62. The summed E-state index contributed by atoms with van der Waals surface area (Å²) in [5, 5.41) is 0. The Morgan fingerprint density at radius 1 is 1.00 bits per heavy atom. The zero-order valence-corrected chi connectivity index (χ0v) is 12.7. The Kier molecular flexibility index (Phi) is 7.47. The van der Waals surface area contributed by atoms with Crippen LogP contribution < -0.4 is 0 Å².